The molecular formula is C16H10BrNO2. The molecular weight excluding hydrogens is 318 g/mol. The van der Waals surface area contributed by atoms with Gasteiger partial charge in [-0.2, -0.15) is 0 Å². The average molecular weight is 328 g/mol. The Kier molecular flexibility index (Phi) is 3.09. The van der Waals surface area contributed by atoms with Crippen molar-refractivity contribution in [3.8, 4) is 11.8 Å². The van der Waals surface area contributed by atoms with Crippen molar-refractivity contribution in [2.75, 3.05) is 5.32 Å². The molecule has 20 heavy (non-hydrogen) atoms. The van der Waals surface area contributed by atoms with Crippen LogP contribution in [0.15, 0.2) is 53.0 Å². The zero-order chi connectivity index (χ0) is 14.2. The van der Waals surface area contributed by atoms with Gasteiger partial charge in [0.2, 0.25) is 5.60 Å². The van der Waals surface area contributed by atoms with E-state index in [1.807, 2.05) is 30.3 Å². The molecule has 0 bridgehead atoms. The van der Waals surface area contributed by atoms with Crippen LogP contribution < -0.4 is 5.32 Å². The van der Waals surface area contributed by atoms with Gasteiger partial charge in [0.25, 0.3) is 5.91 Å². The highest BCUT2D eigenvalue weighted by Gasteiger charge is 2.44. The second-order valence-corrected chi connectivity index (χ2v) is 5.39. The van der Waals surface area contributed by atoms with Crippen LogP contribution in [0.4, 0.5) is 5.69 Å². The van der Waals surface area contributed by atoms with Crippen LogP contribution in [0.25, 0.3) is 0 Å². The van der Waals surface area contributed by atoms with Crippen molar-refractivity contribution in [1.82, 2.24) is 0 Å². The summed E-state index contributed by atoms with van der Waals surface area (Å²) in [6.45, 7) is 0. The number of nitrogens with one attached hydrogen (secondary N) is 1. The topological polar surface area (TPSA) is 49.3 Å². The van der Waals surface area contributed by atoms with Crippen LogP contribution in [0, 0.1) is 11.8 Å². The quantitative estimate of drug-likeness (QED) is 0.731. The third-order valence-corrected chi connectivity index (χ3v) is 3.60. The van der Waals surface area contributed by atoms with E-state index in [1.165, 1.54) is 0 Å². The smallest absolute Gasteiger partial charge is 0.274 e. The molecule has 3 nitrogen and oxygen atoms in total. The molecule has 1 heterocycles. The van der Waals surface area contributed by atoms with Crippen molar-refractivity contribution < 1.29 is 9.90 Å². The highest BCUT2D eigenvalue weighted by atomic mass is 79.9. The Morgan fingerprint density at radius 2 is 1.90 bits per heavy atom. The number of amides is 1. The largest absolute Gasteiger partial charge is 0.366 e. The van der Waals surface area contributed by atoms with E-state index in [0.717, 1.165) is 10.0 Å². The number of halogens is 1. The van der Waals surface area contributed by atoms with E-state index in [2.05, 4.69) is 33.1 Å². The Bertz CT molecular complexity index is 746. The number of anilines is 1. The van der Waals surface area contributed by atoms with Crippen LogP contribution in [0.1, 0.15) is 11.1 Å². The van der Waals surface area contributed by atoms with E-state index >= 15 is 0 Å². The normalized spacial score (nSPS) is 19.8. The van der Waals surface area contributed by atoms with E-state index in [0.29, 0.717) is 11.3 Å². The average Bonchev–Trinajstić information content (AvgIpc) is 2.71. The van der Waals surface area contributed by atoms with E-state index in [1.54, 1.807) is 18.2 Å². The molecule has 1 atom stereocenters. The summed E-state index contributed by atoms with van der Waals surface area (Å²) in [6, 6.07) is 14.5. The molecule has 2 aromatic carbocycles. The molecule has 0 fully saturated rings. The number of aliphatic hydroxyl groups is 1. The van der Waals surface area contributed by atoms with Gasteiger partial charge in [-0.05, 0) is 36.3 Å². The van der Waals surface area contributed by atoms with Gasteiger partial charge in [0, 0.05) is 21.3 Å². The molecule has 0 aromatic heterocycles. The van der Waals surface area contributed by atoms with Crippen molar-refractivity contribution in [2.45, 2.75) is 5.60 Å². The maximum absolute atomic E-state index is 12.0. The van der Waals surface area contributed by atoms with Gasteiger partial charge in [0.1, 0.15) is 0 Å². The summed E-state index contributed by atoms with van der Waals surface area (Å²) in [4.78, 5) is 12.0. The molecule has 0 spiro atoms. The SMILES string of the molecule is O=C1Nc2ccc(Br)cc2[C@]1(O)C#Cc1ccccc1. The number of carbonyl (C=O) groups excluding carboxylic acids is 1. The number of benzene rings is 2. The maximum Gasteiger partial charge on any atom is 0.274 e. The lowest BCUT2D eigenvalue weighted by Crippen LogP contribution is -2.32. The van der Waals surface area contributed by atoms with Gasteiger partial charge in [-0.3, -0.25) is 4.79 Å². The van der Waals surface area contributed by atoms with Gasteiger partial charge in [-0.15, -0.1) is 0 Å². The number of rotatable bonds is 0. The van der Waals surface area contributed by atoms with Crippen molar-refractivity contribution in [3.63, 3.8) is 0 Å². The monoisotopic (exact) mass is 327 g/mol. The Hall–Kier alpha value is -2.09. The van der Waals surface area contributed by atoms with Gasteiger partial charge in [0.05, 0.1) is 0 Å². The molecule has 4 heteroatoms. The lowest BCUT2D eigenvalue weighted by Gasteiger charge is -2.13. The standard InChI is InChI=1S/C16H10BrNO2/c17-12-6-7-14-13(10-12)16(20,15(19)18-14)9-8-11-4-2-1-3-5-11/h1-7,10,20H,(H,18,19)/t16-/m1/s1. The molecule has 0 unspecified atom stereocenters. The summed E-state index contributed by atoms with van der Waals surface area (Å²) in [5.74, 6) is 5.00. The van der Waals surface area contributed by atoms with Gasteiger partial charge < -0.3 is 10.4 Å². The van der Waals surface area contributed by atoms with Crippen LogP contribution in [-0.2, 0) is 10.4 Å². The molecule has 2 N–H and O–H groups in total. The van der Waals surface area contributed by atoms with Gasteiger partial charge in [0.15, 0.2) is 0 Å². The summed E-state index contributed by atoms with van der Waals surface area (Å²) >= 11 is 3.33. The first-order chi connectivity index (χ1) is 9.59. The molecule has 0 saturated heterocycles. The molecule has 1 aliphatic rings. The number of hydrogen-bond donors (Lipinski definition) is 2. The lowest BCUT2D eigenvalue weighted by molar-refractivity contribution is -0.128. The van der Waals surface area contributed by atoms with Crippen LogP contribution in [0.3, 0.4) is 0 Å². The summed E-state index contributed by atoms with van der Waals surface area (Å²) < 4.78 is 0.785. The molecule has 3 rings (SSSR count). The van der Waals surface area contributed by atoms with Crippen LogP contribution in [-0.4, -0.2) is 11.0 Å². The second-order valence-electron chi connectivity index (χ2n) is 4.47. The molecule has 2 aromatic rings. The predicted octanol–water partition coefficient (Wildman–Crippen LogP) is 2.64. The van der Waals surface area contributed by atoms with Crippen LogP contribution in [0.5, 0.6) is 0 Å². The zero-order valence-electron chi connectivity index (χ0n) is 10.4. The molecule has 98 valence electrons. The van der Waals surface area contributed by atoms with Crippen molar-refractivity contribution in [3.05, 3.63) is 64.1 Å². The Morgan fingerprint density at radius 1 is 1.15 bits per heavy atom. The molecule has 1 aliphatic heterocycles. The maximum atomic E-state index is 12.0. The first kappa shape index (κ1) is 12.9. The van der Waals surface area contributed by atoms with Gasteiger partial charge in [-0.25, -0.2) is 0 Å². The van der Waals surface area contributed by atoms with E-state index < -0.39 is 11.5 Å². The van der Waals surface area contributed by atoms with Crippen molar-refractivity contribution >= 4 is 27.5 Å². The van der Waals surface area contributed by atoms with Crippen LogP contribution in [0.2, 0.25) is 0 Å². The molecule has 1 amide bonds. The van der Waals surface area contributed by atoms with E-state index in [-0.39, 0.29) is 0 Å². The zero-order valence-corrected chi connectivity index (χ0v) is 11.9. The fourth-order valence-electron chi connectivity index (χ4n) is 2.07. The minimum atomic E-state index is -1.81. The minimum Gasteiger partial charge on any atom is -0.366 e. The summed E-state index contributed by atoms with van der Waals surface area (Å²) in [7, 11) is 0. The third-order valence-electron chi connectivity index (χ3n) is 3.11. The van der Waals surface area contributed by atoms with Gasteiger partial charge >= 0.3 is 0 Å². The number of hydrogen-bond acceptors (Lipinski definition) is 2. The summed E-state index contributed by atoms with van der Waals surface area (Å²) in [5, 5.41) is 13.2. The number of fused-ring (bicyclic) bond motifs is 1. The fourth-order valence-corrected chi connectivity index (χ4v) is 2.43. The summed E-state index contributed by atoms with van der Waals surface area (Å²) in [6.07, 6.45) is 0. The molecule has 0 radical (unpaired) electrons. The highest BCUT2D eigenvalue weighted by Crippen LogP contribution is 2.37. The summed E-state index contributed by atoms with van der Waals surface area (Å²) in [5.41, 5.74) is -0.00451. The Balaban J connectivity index is 2.07. The first-order valence-electron chi connectivity index (χ1n) is 6.02. The van der Waals surface area contributed by atoms with Crippen molar-refractivity contribution in [2.24, 2.45) is 0 Å². The molecule has 0 saturated carbocycles. The Labute approximate surface area is 124 Å². The highest BCUT2D eigenvalue weighted by molar-refractivity contribution is 9.10. The van der Waals surface area contributed by atoms with E-state index in [9.17, 15) is 9.90 Å². The molecule has 0 aliphatic carbocycles. The lowest BCUT2D eigenvalue weighted by atomic mass is 9.96. The minimum absolute atomic E-state index is 0.473. The third kappa shape index (κ3) is 2.11. The van der Waals surface area contributed by atoms with Gasteiger partial charge in [-0.1, -0.05) is 40.0 Å². The van der Waals surface area contributed by atoms with Crippen molar-refractivity contribution in [1.29, 1.82) is 0 Å². The predicted molar refractivity (Wildman–Crippen MR) is 80.0 cm³/mol. The number of carbonyl (C=O) groups is 1. The second kappa shape index (κ2) is 4.78. The first-order valence-corrected chi connectivity index (χ1v) is 6.81. The van der Waals surface area contributed by atoms with E-state index in [4.69, 9.17) is 0 Å². The van der Waals surface area contributed by atoms with Crippen LogP contribution >= 0.6 is 15.9 Å². The Morgan fingerprint density at radius 3 is 2.65 bits per heavy atom. The fraction of sp³-hybridized carbons (Fsp3) is 0.0625.